The first-order valence-electron chi connectivity index (χ1n) is 5.83. The fraction of sp³-hybridized carbons (Fsp3) is 0.143. The monoisotopic (exact) mass is 270 g/mol. The van der Waals surface area contributed by atoms with Crippen molar-refractivity contribution < 1.29 is 9.47 Å². The molecular formula is C14H14N4O2. The molecule has 0 spiro atoms. The smallest absolute Gasteiger partial charge is 0.215 e. The Morgan fingerprint density at radius 1 is 1.20 bits per heavy atom. The molecule has 0 saturated heterocycles. The van der Waals surface area contributed by atoms with Crippen LogP contribution in [0.25, 0.3) is 0 Å². The van der Waals surface area contributed by atoms with Crippen LogP contribution >= 0.6 is 0 Å². The summed E-state index contributed by atoms with van der Waals surface area (Å²) in [4.78, 5) is 4.23. The van der Waals surface area contributed by atoms with Gasteiger partial charge in [0, 0.05) is 12.1 Å². The summed E-state index contributed by atoms with van der Waals surface area (Å²) in [5.41, 5.74) is 7.53. The number of hydrogen-bond donors (Lipinski definition) is 2. The molecule has 0 fully saturated rings. The van der Waals surface area contributed by atoms with Crippen LogP contribution < -0.4 is 20.5 Å². The number of pyridine rings is 1. The van der Waals surface area contributed by atoms with Crippen molar-refractivity contribution in [3.8, 4) is 17.7 Å². The highest BCUT2D eigenvalue weighted by atomic mass is 16.5. The van der Waals surface area contributed by atoms with Crippen LogP contribution in [0.4, 0.5) is 17.2 Å². The lowest BCUT2D eigenvalue weighted by Crippen LogP contribution is -2.02. The molecule has 6 nitrogen and oxygen atoms in total. The van der Waals surface area contributed by atoms with Gasteiger partial charge in [-0.3, -0.25) is 0 Å². The fourth-order valence-electron chi connectivity index (χ4n) is 1.66. The van der Waals surface area contributed by atoms with Gasteiger partial charge in [0.05, 0.1) is 37.2 Å². The van der Waals surface area contributed by atoms with Crippen molar-refractivity contribution in [1.29, 1.82) is 5.26 Å². The van der Waals surface area contributed by atoms with E-state index in [1.807, 2.05) is 0 Å². The van der Waals surface area contributed by atoms with Gasteiger partial charge in [0.2, 0.25) is 5.88 Å². The number of aromatic nitrogens is 1. The van der Waals surface area contributed by atoms with Crippen molar-refractivity contribution in [2.45, 2.75) is 0 Å². The summed E-state index contributed by atoms with van der Waals surface area (Å²) in [6.45, 7) is 0. The maximum atomic E-state index is 8.88. The first-order chi connectivity index (χ1) is 9.67. The molecule has 1 heterocycles. The molecule has 3 N–H and O–H groups in total. The maximum Gasteiger partial charge on any atom is 0.215 e. The first kappa shape index (κ1) is 13.5. The average molecular weight is 270 g/mol. The molecule has 0 saturated carbocycles. The van der Waals surface area contributed by atoms with Crippen LogP contribution in [0.15, 0.2) is 30.3 Å². The Morgan fingerprint density at radius 2 is 2.00 bits per heavy atom. The van der Waals surface area contributed by atoms with Crippen LogP contribution in [0, 0.1) is 11.3 Å². The van der Waals surface area contributed by atoms with Gasteiger partial charge in [-0.15, -0.1) is 0 Å². The highest BCUT2D eigenvalue weighted by molar-refractivity contribution is 5.73. The van der Waals surface area contributed by atoms with Gasteiger partial charge in [-0.2, -0.15) is 10.2 Å². The van der Waals surface area contributed by atoms with Gasteiger partial charge in [-0.1, -0.05) is 0 Å². The molecule has 0 aliphatic rings. The molecule has 20 heavy (non-hydrogen) atoms. The second kappa shape index (κ2) is 5.80. The molecule has 0 atom stereocenters. The topological polar surface area (TPSA) is 93.2 Å². The zero-order chi connectivity index (χ0) is 14.5. The van der Waals surface area contributed by atoms with Gasteiger partial charge in [0.1, 0.15) is 5.75 Å². The van der Waals surface area contributed by atoms with E-state index >= 15 is 0 Å². The van der Waals surface area contributed by atoms with Crippen molar-refractivity contribution in [3.63, 3.8) is 0 Å². The molecule has 0 unspecified atom stereocenters. The zero-order valence-electron chi connectivity index (χ0n) is 11.2. The van der Waals surface area contributed by atoms with E-state index in [9.17, 15) is 0 Å². The van der Waals surface area contributed by atoms with Crippen LogP contribution in [-0.2, 0) is 0 Å². The molecular weight excluding hydrogens is 256 g/mol. The highest BCUT2D eigenvalue weighted by Gasteiger charge is 2.09. The molecule has 102 valence electrons. The number of benzene rings is 1. The zero-order valence-corrected chi connectivity index (χ0v) is 11.2. The number of nitrogens with two attached hydrogens (primary N) is 1. The van der Waals surface area contributed by atoms with Crippen molar-refractivity contribution >= 4 is 17.2 Å². The lowest BCUT2D eigenvalue weighted by Gasteiger charge is -2.13. The summed E-state index contributed by atoms with van der Waals surface area (Å²) in [5, 5.41) is 11.9. The maximum absolute atomic E-state index is 8.88. The van der Waals surface area contributed by atoms with Crippen LogP contribution in [0.3, 0.4) is 0 Å². The predicted molar refractivity (Wildman–Crippen MR) is 76.2 cm³/mol. The normalized spacial score (nSPS) is 9.65. The van der Waals surface area contributed by atoms with Crippen LogP contribution in [0.1, 0.15) is 5.56 Å². The number of rotatable bonds is 4. The largest absolute Gasteiger partial charge is 0.495 e. The summed E-state index contributed by atoms with van der Waals surface area (Å²) >= 11 is 0. The highest BCUT2D eigenvalue weighted by Crippen LogP contribution is 2.30. The van der Waals surface area contributed by atoms with Gasteiger partial charge in [0.15, 0.2) is 5.82 Å². The Bertz CT molecular complexity index is 665. The van der Waals surface area contributed by atoms with E-state index in [1.165, 1.54) is 14.2 Å². The van der Waals surface area contributed by atoms with E-state index in [-0.39, 0.29) is 0 Å². The summed E-state index contributed by atoms with van der Waals surface area (Å²) in [5.74, 6) is 1.45. The number of nitrogen functional groups attached to an aromatic ring is 1. The fourth-order valence-corrected chi connectivity index (χ4v) is 1.66. The van der Waals surface area contributed by atoms with Gasteiger partial charge >= 0.3 is 0 Å². The minimum absolute atomic E-state index is 0.453. The predicted octanol–water partition coefficient (Wildman–Crippen LogP) is 2.30. The van der Waals surface area contributed by atoms with E-state index < -0.39 is 0 Å². The summed E-state index contributed by atoms with van der Waals surface area (Å²) in [6.07, 6.45) is 0. The average Bonchev–Trinajstić information content (AvgIpc) is 2.49. The van der Waals surface area contributed by atoms with Gasteiger partial charge < -0.3 is 20.5 Å². The molecule has 0 radical (unpaired) electrons. The van der Waals surface area contributed by atoms with Crippen LogP contribution in [0.5, 0.6) is 11.6 Å². The third-order valence-corrected chi connectivity index (χ3v) is 2.69. The van der Waals surface area contributed by atoms with Crippen molar-refractivity contribution in [2.24, 2.45) is 0 Å². The molecule has 1 aromatic carbocycles. The molecule has 0 aliphatic heterocycles. The second-order valence-corrected chi connectivity index (χ2v) is 3.94. The number of nitrogens with zero attached hydrogens (tertiary/aromatic N) is 2. The second-order valence-electron chi connectivity index (χ2n) is 3.94. The number of ether oxygens (including phenoxy) is 2. The molecule has 1 aromatic heterocycles. The van der Waals surface area contributed by atoms with E-state index in [0.29, 0.717) is 34.4 Å². The van der Waals surface area contributed by atoms with E-state index in [4.69, 9.17) is 20.5 Å². The number of nitriles is 1. The Labute approximate surface area is 116 Å². The summed E-state index contributed by atoms with van der Waals surface area (Å²) in [7, 11) is 3.06. The quantitative estimate of drug-likeness (QED) is 0.885. The van der Waals surface area contributed by atoms with Crippen molar-refractivity contribution in [2.75, 3.05) is 25.3 Å². The lowest BCUT2D eigenvalue weighted by molar-refractivity contribution is 0.398. The third-order valence-electron chi connectivity index (χ3n) is 2.69. The Hall–Kier alpha value is -2.94. The first-order valence-corrected chi connectivity index (χ1v) is 5.83. The molecule has 2 aromatic rings. The SMILES string of the molecule is COc1ccc(N)c(Nc2ccc(C#N)cc2OC)n1. The van der Waals surface area contributed by atoms with Crippen molar-refractivity contribution in [3.05, 3.63) is 35.9 Å². The molecule has 2 rings (SSSR count). The number of nitrogens with one attached hydrogen (secondary N) is 1. The van der Waals surface area contributed by atoms with Crippen molar-refractivity contribution in [1.82, 2.24) is 4.98 Å². The molecule has 0 amide bonds. The molecule has 6 heteroatoms. The van der Waals surface area contributed by atoms with Gasteiger partial charge in [-0.25, -0.2) is 0 Å². The molecule has 0 aliphatic carbocycles. The number of anilines is 3. The van der Waals surface area contributed by atoms with E-state index in [1.54, 1.807) is 30.3 Å². The Balaban J connectivity index is 2.37. The summed E-state index contributed by atoms with van der Waals surface area (Å²) < 4.78 is 10.3. The van der Waals surface area contributed by atoms with Crippen LogP contribution in [-0.4, -0.2) is 19.2 Å². The van der Waals surface area contributed by atoms with Gasteiger partial charge in [0.25, 0.3) is 0 Å². The number of hydrogen-bond acceptors (Lipinski definition) is 6. The Morgan fingerprint density at radius 3 is 2.65 bits per heavy atom. The molecule has 0 bridgehead atoms. The minimum Gasteiger partial charge on any atom is -0.495 e. The van der Waals surface area contributed by atoms with E-state index in [0.717, 1.165) is 0 Å². The Kier molecular flexibility index (Phi) is 3.91. The number of methoxy groups -OCH3 is 2. The lowest BCUT2D eigenvalue weighted by atomic mass is 10.2. The van der Waals surface area contributed by atoms with E-state index in [2.05, 4.69) is 16.4 Å². The van der Waals surface area contributed by atoms with Crippen LogP contribution in [0.2, 0.25) is 0 Å². The van der Waals surface area contributed by atoms with Gasteiger partial charge in [-0.05, 0) is 18.2 Å². The third kappa shape index (κ3) is 2.72. The summed E-state index contributed by atoms with van der Waals surface area (Å²) in [6, 6.07) is 10.5. The standard InChI is InChI=1S/C14H14N4O2/c1-19-12-7-9(8-15)3-5-11(12)17-14-10(16)4-6-13(18-14)20-2/h3-7H,16H2,1-2H3,(H,17,18). The minimum atomic E-state index is 0.453.